The number of nitrogens with zero attached hydrogens (tertiary/aromatic N) is 3. The second kappa shape index (κ2) is 21.3. The zero-order valence-corrected chi connectivity index (χ0v) is 29.8. The van der Waals surface area contributed by atoms with E-state index in [1.165, 1.54) is 6.42 Å². The minimum Gasteiger partial charge on any atom is -0.460 e. The second-order valence-electron chi connectivity index (χ2n) is 13.6. The first-order valence-corrected chi connectivity index (χ1v) is 18.5. The normalized spacial score (nSPS) is 18.9. The third-order valence-corrected chi connectivity index (χ3v) is 9.79. The SMILES string of the molecule is O=C(CN1CCNCCN(CC(=O)OCc2ccccc2)C(C2CCCCC2)CN(CC(=O)OCc2ccccc2)CC1)OCc1ccccc1. The van der Waals surface area contributed by atoms with Crippen molar-refractivity contribution in [2.75, 3.05) is 65.4 Å². The Bertz CT molecular complexity index is 1450. The van der Waals surface area contributed by atoms with Crippen LogP contribution in [0.5, 0.6) is 0 Å². The van der Waals surface area contributed by atoms with Crippen LogP contribution in [0.2, 0.25) is 0 Å². The number of benzene rings is 3. The number of nitrogens with one attached hydrogen (secondary N) is 1. The lowest BCUT2D eigenvalue weighted by molar-refractivity contribution is -0.149. The molecule has 0 aromatic heterocycles. The average molecular weight is 699 g/mol. The molecule has 1 unspecified atom stereocenters. The monoisotopic (exact) mass is 698 g/mol. The number of esters is 3. The maximum Gasteiger partial charge on any atom is 0.320 e. The lowest BCUT2D eigenvalue weighted by Gasteiger charge is -2.41. The van der Waals surface area contributed by atoms with E-state index < -0.39 is 0 Å². The van der Waals surface area contributed by atoms with Crippen LogP contribution in [0.4, 0.5) is 0 Å². The van der Waals surface area contributed by atoms with Crippen LogP contribution in [0.1, 0.15) is 48.8 Å². The summed E-state index contributed by atoms with van der Waals surface area (Å²) in [5.74, 6) is -0.436. The molecule has 1 aliphatic carbocycles. The third kappa shape index (κ3) is 13.9. The van der Waals surface area contributed by atoms with Gasteiger partial charge in [-0.25, -0.2) is 0 Å². The van der Waals surface area contributed by atoms with Gasteiger partial charge in [0.15, 0.2) is 0 Å². The minimum absolute atomic E-state index is 0.0435. The van der Waals surface area contributed by atoms with Gasteiger partial charge in [-0.1, -0.05) is 110 Å². The summed E-state index contributed by atoms with van der Waals surface area (Å²) in [5, 5.41) is 3.55. The highest BCUT2D eigenvalue weighted by Gasteiger charge is 2.33. The Balaban J connectivity index is 1.29. The molecule has 1 N–H and O–H groups in total. The van der Waals surface area contributed by atoms with E-state index >= 15 is 0 Å². The van der Waals surface area contributed by atoms with Gasteiger partial charge in [-0.3, -0.25) is 29.1 Å². The van der Waals surface area contributed by atoms with E-state index in [1.807, 2.05) is 91.0 Å². The molecule has 10 nitrogen and oxygen atoms in total. The van der Waals surface area contributed by atoms with E-state index in [-0.39, 0.29) is 63.4 Å². The number of hydrogen-bond acceptors (Lipinski definition) is 10. The van der Waals surface area contributed by atoms with Gasteiger partial charge < -0.3 is 19.5 Å². The summed E-state index contributed by atoms with van der Waals surface area (Å²) in [6.07, 6.45) is 5.70. The molecule has 1 heterocycles. The molecule has 2 fully saturated rings. The summed E-state index contributed by atoms with van der Waals surface area (Å²) >= 11 is 0. The third-order valence-electron chi connectivity index (χ3n) is 9.79. The summed E-state index contributed by atoms with van der Waals surface area (Å²) < 4.78 is 17.1. The standard InChI is InChI=1S/C41H54N4O6/c46-39(49-31-34-13-5-1-6-14-34)28-43-23-21-42-22-24-45(30-41(48)51-33-36-17-9-3-10-18-36)38(37-19-11-4-12-20-37)27-44(26-25-43)29-40(47)50-32-35-15-7-2-8-16-35/h1-3,5-10,13-18,37-38,42H,4,11-12,19-33H2. The topological polar surface area (TPSA) is 101 Å². The number of carbonyl (C=O) groups excluding carboxylic acids is 3. The molecule has 0 spiro atoms. The van der Waals surface area contributed by atoms with Crippen LogP contribution in [0, 0.1) is 5.92 Å². The predicted octanol–water partition coefficient (Wildman–Crippen LogP) is 4.67. The van der Waals surface area contributed by atoms with Gasteiger partial charge in [-0.2, -0.15) is 0 Å². The summed E-state index contributed by atoms with van der Waals surface area (Å²) in [4.78, 5) is 46.2. The van der Waals surface area contributed by atoms with Gasteiger partial charge in [-0.15, -0.1) is 0 Å². The fraction of sp³-hybridized carbons (Fsp3) is 0.488. The van der Waals surface area contributed by atoms with Crippen molar-refractivity contribution in [2.24, 2.45) is 5.92 Å². The fourth-order valence-electron chi connectivity index (χ4n) is 6.96. The Morgan fingerprint density at radius 3 is 1.53 bits per heavy atom. The highest BCUT2D eigenvalue weighted by atomic mass is 16.5. The Morgan fingerprint density at radius 1 is 0.549 bits per heavy atom. The van der Waals surface area contributed by atoms with Crippen molar-refractivity contribution >= 4 is 17.9 Å². The number of carbonyl (C=O) groups is 3. The van der Waals surface area contributed by atoms with Gasteiger partial charge in [0.1, 0.15) is 19.8 Å². The van der Waals surface area contributed by atoms with E-state index in [2.05, 4.69) is 20.0 Å². The van der Waals surface area contributed by atoms with E-state index in [9.17, 15) is 14.4 Å². The van der Waals surface area contributed by atoms with E-state index in [0.29, 0.717) is 51.7 Å². The van der Waals surface area contributed by atoms with Crippen molar-refractivity contribution in [3.05, 3.63) is 108 Å². The van der Waals surface area contributed by atoms with Crippen molar-refractivity contribution in [3.63, 3.8) is 0 Å². The molecule has 2 aliphatic rings. The molecule has 274 valence electrons. The van der Waals surface area contributed by atoms with Crippen LogP contribution in [0.15, 0.2) is 91.0 Å². The Kier molecular flexibility index (Phi) is 15.9. The van der Waals surface area contributed by atoms with Gasteiger partial charge >= 0.3 is 17.9 Å². The Hall–Kier alpha value is -4.09. The van der Waals surface area contributed by atoms with Crippen LogP contribution in [-0.4, -0.2) is 104 Å². The Labute approximate surface area is 303 Å². The first-order valence-electron chi connectivity index (χ1n) is 18.5. The number of rotatable bonds is 13. The molecule has 3 aromatic rings. The molecule has 0 radical (unpaired) electrons. The highest BCUT2D eigenvalue weighted by molar-refractivity contribution is 5.72. The van der Waals surface area contributed by atoms with Crippen LogP contribution >= 0.6 is 0 Å². The zero-order valence-electron chi connectivity index (χ0n) is 29.8. The molecule has 3 aromatic carbocycles. The lowest BCUT2D eigenvalue weighted by Crippen LogP contribution is -2.54. The molecular weight excluding hydrogens is 644 g/mol. The summed E-state index contributed by atoms with van der Waals surface area (Å²) in [6.45, 7) is 5.53. The van der Waals surface area contributed by atoms with Crippen LogP contribution < -0.4 is 5.32 Å². The average Bonchev–Trinajstić information content (AvgIpc) is 3.16. The van der Waals surface area contributed by atoms with Gasteiger partial charge in [0.25, 0.3) is 0 Å². The maximum atomic E-state index is 13.4. The van der Waals surface area contributed by atoms with E-state index in [4.69, 9.17) is 14.2 Å². The molecule has 0 bridgehead atoms. The molecule has 1 aliphatic heterocycles. The molecule has 51 heavy (non-hydrogen) atoms. The molecule has 10 heteroatoms. The first kappa shape index (κ1) is 38.1. The number of ether oxygens (including phenoxy) is 3. The molecule has 5 rings (SSSR count). The maximum absolute atomic E-state index is 13.4. The van der Waals surface area contributed by atoms with Crippen molar-refractivity contribution in [1.82, 2.24) is 20.0 Å². The zero-order chi connectivity index (χ0) is 35.5. The Morgan fingerprint density at radius 2 is 1.00 bits per heavy atom. The van der Waals surface area contributed by atoms with Gasteiger partial charge in [0.2, 0.25) is 0 Å². The van der Waals surface area contributed by atoms with Crippen molar-refractivity contribution < 1.29 is 28.6 Å². The van der Waals surface area contributed by atoms with Gasteiger partial charge in [0, 0.05) is 51.9 Å². The van der Waals surface area contributed by atoms with E-state index in [1.54, 1.807) is 0 Å². The molecule has 1 saturated carbocycles. The second-order valence-corrected chi connectivity index (χ2v) is 13.6. The van der Waals surface area contributed by atoms with Gasteiger partial charge in [0.05, 0.1) is 19.6 Å². The number of hydrogen-bond donors (Lipinski definition) is 1. The molecular formula is C41H54N4O6. The summed E-state index contributed by atoms with van der Waals surface area (Å²) in [6, 6.07) is 29.2. The predicted molar refractivity (Wildman–Crippen MR) is 196 cm³/mol. The summed E-state index contributed by atoms with van der Waals surface area (Å²) in [7, 11) is 0. The van der Waals surface area contributed by atoms with Crippen LogP contribution in [0.25, 0.3) is 0 Å². The van der Waals surface area contributed by atoms with Crippen molar-refractivity contribution in [1.29, 1.82) is 0 Å². The largest absolute Gasteiger partial charge is 0.460 e. The first-order chi connectivity index (χ1) is 25.0. The van der Waals surface area contributed by atoms with Crippen molar-refractivity contribution in [3.8, 4) is 0 Å². The van der Waals surface area contributed by atoms with Crippen molar-refractivity contribution in [2.45, 2.75) is 58.0 Å². The minimum atomic E-state index is -0.294. The molecule has 1 saturated heterocycles. The quantitative estimate of drug-likeness (QED) is 0.200. The highest BCUT2D eigenvalue weighted by Crippen LogP contribution is 2.30. The van der Waals surface area contributed by atoms with Gasteiger partial charge in [-0.05, 0) is 35.4 Å². The van der Waals surface area contributed by atoms with Crippen LogP contribution in [0.3, 0.4) is 0 Å². The fourth-order valence-corrected chi connectivity index (χ4v) is 6.96. The molecule has 0 amide bonds. The molecule has 1 atom stereocenters. The smallest absolute Gasteiger partial charge is 0.320 e. The van der Waals surface area contributed by atoms with E-state index in [0.717, 1.165) is 42.4 Å². The summed E-state index contributed by atoms with van der Waals surface area (Å²) in [5.41, 5.74) is 2.84. The lowest BCUT2D eigenvalue weighted by atomic mass is 9.82. The van der Waals surface area contributed by atoms with Crippen LogP contribution in [-0.2, 0) is 48.4 Å².